The molecule has 0 bridgehead atoms. The maximum Gasteiger partial charge on any atom is 0.513 e. The Kier molecular flexibility index (Phi) is 13.8. The summed E-state index contributed by atoms with van der Waals surface area (Å²) < 4.78 is 31.1. The van der Waals surface area contributed by atoms with Gasteiger partial charge < -0.3 is 34.2 Å². The van der Waals surface area contributed by atoms with Gasteiger partial charge in [-0.15, -0.1) is 0 Å². The average Bonchev–Trinajstić information content (AvgIpc) is 2.94. The largest absolute Gasteiger partial charge is 0.513 e. The minimum atomic E-state index is -1.60. The third kappa shape index (κ3) is 11.8. The molecule has 1 atom stereocenters. The third-order valence-electron chi connectivity index (χ3n) is 6.13. The second-order valence-corrected chi connectivity index (χ2v) is 10.6. The molecule has 0 aliphatic rings. The number of rotatable bonds is 15. The molecule has 0 aliphatic carbocycles. The van der Waals surface area contributed by atoms with Crippen LogP contribution in [0.25, 0.3) is 0 Å². The van der Waals surface area contributed by atoms with Gasteiger partial charge in [-0.05, 0) is 54.5 Å². The van der Waals surface area contributed by atoms with E-state index in [2.05, 4.69) is 0 Å². The zero-order chi connectivity index (χ0) is 31.1. The fraction of sp³-hybridized carbons (Fsp3) is 0.484. The normalized spacial score (nSPS) is 12.3. The molecule has 230 valence electrons. The quantitative estimate of drug-likeness (QED) is 0.160. The molecule has 2 N–H and O–H groups in total. The van der Waals surface area contributed by atoms with E-state index in [-0.39, 0.29) is 44.2 Å². The average molecular weight is 588 g/mol. The Morgan fingerprint density at radius 3 is 1.88 bits per heavy atom. The minimum Gasteiger partial charge on any atom is -0.468 e. The van der Waals surface area contributed by atoms with Crippen molar-refractivity contribution in [3.63, 3.8) is 0 Å². The number of ether oxygens (including phenoxy) is 6. The summed E-state index contributed by atoms with van der Waals surface area (Å²) in [5.41, 5.74) is 5.66. The zero-order valence-corrected chi connectivity index (χ0v) is 24.9. The molecular formula is C31H41NO10. The van der Waals surface area contributed by atoms with Crippen LogP contribution in [0.5, 0.6) is 11.5 Å². The van der Waals surface area contributed by atoms with Gasteiger partial charge in [0.15, 0.2) is 11.5 Å². The first kappa shape index (κ1) is 34.1. The predicted octanol–water partition coefficient (Wildman–Crippen LogP) is 5.47. The van der Waals surface area contributed by atoms with Crippen molar-refractivity contribution in [3.8, 4) is 11.5 Å². The van der Waals surface area contributed by atoms with Crippen molar-refractivity contribution in [3.05, 3.63) is 59.7 Å². The van der Waals surface area contributed by atoms with Gasteiger partial charge in [0, 0.05) is 12.8 Å². The molecule has 0 amide bonds. The van der Waals surface area contributed by atoms with Gasteiger partial charge in [-0.25, -0.2) is 14.4 Å². The van der Waals surface area contributed by atoms with E-state index in [9.17, 15) is 19.2 Å². The second kappa shape index (κ2) is 17.0. The van der Waals surface area contributed by atoms with E-state index in [1.165, 1.54) is 19.2 Å². The molecule has 0 fully saturated rings. The van der Waals surface area contributed by atoms with Crippen molar-refractivity contribution < 1.29 is 47.6 Å². The Hall–Kier alpha value is -4.12. The van der Waals surface area contributed by atoms with Crippen LogP contribution < -0.4 is 15.2 Å². The summed E-state index contributed by atoms with van der Waals surface area (Å²) in [5, 5.41) is 0. The maximum atomic E-state index is 12.7. The molecule has 2 aromatic rings. The number of benzene rings is 2. The first-order valence-electron chi connectivity index (χ1n) is 13.8. The highest BCUT2D eigenvalue weighted by atomic mass is 16.7. The number of hydrogen-bond donors (Lipinski definition) is 1. The lowest BCUT2D eigenvalue weighted by atomic mass is 9.88. The Balaban J connectivity index is 2.20. The van der Waals surface area contributed by atoms with E-state index in [0.717, 1.165) is 0 Å². The molecule has 0 saturated heterocycles. The number of hydrogen-bond acceptors (Lipinski definition) is 11. The third-order valence-corrected chi connectivity index (χ3v) is 6.13. The van der Waals surface area contributed by atoms with Gasteiger partial charge in [0.05, 0.1) is 32.5 Å². The Bertz CT molecular complexity index is 1180. The fourth-order valence-electron chi connectivity index (χ4n) is 3.63. The topological polar surface area (TPSA) is 150 Å². The van der Waals surface area contributed by atoms with Crippen LogP contribution in [0.4, 0.5) is 9.59 Å². The van der Waals surface area contributed by atoms with E-state index < -0.39 is 29.8 Å². The van der Waals surface area contributed by atoms with Crippen LogP contribution in [0, 0.1) is 11.8 Å². The van der Waals surface area contributed by atoms with Crippen molar-refractivity contribution in [2.75, 3.05) is 26.9 Å². The monoisotopic (exact) mass is 587 g/mol. The van der Waals surface area contributed by atoms with Crippen LogP contribution in [-0.2, 0) is 30.2 Å². The predicted molar refractivity (Wildman–Crippen MR) is 153 cm³/mol. The summed E-state index contributed by atoms with van der Waals surface area (Å²) in [7, 11) is 1.20. The number of nitrogens with two attached hydrogens (primary N) is 1. The first-order valence-corrected chi connectivity index (χ1v) is 13.8. The van der Waals surface area contributed by atoms with Gasteiger partial charge in [0.2, 0.25) is 0 Å². The molecule has 11 heteroatoms. The molecule has 0 spiro atoms. The summed E-state index contributed by atoms with van der Waals surface area (Å²) >= 11 is 0. The van der Waals surface area contributed by atoms with Crippen molar-refractivity contribution in [2.45, 2.75) is 58.9 Å². The van der Waals surface area contributed by atoms with Gasteiger partial charge in [-0.2, -0.15) is 0 Å². The molecule has 2 aromatic carbocycles. The van der Waals surface area contributed by atoms with Gasteiger partial charge in [-0.1, -0.05) is 52.0 Å². The number of methoxy groups -OCH3 is 1. The van der Waals surface area contributed by atoms with Gasteiger partial charge in [0.1, 0.15) is 5.54 Å². The molecule has 2 rings (SSSR count). The van der Waals surface area contributed by atoms with Crippen LogP contribution >= 0.6 is 0 Å². The lowest BCUT2D eigenvalue weighted by molar-refractivity contribution is -0.147. The molecule has 0 aromatic heterocycles. The Morgan fingerprint density at radius 1 is 0.762 bits per heavy atom. The summed E-state index contributed by atoms with van der Waals surface area (Å²) in [5.74, 6) is -0.885. The van der Waals surface area contributed by atoms with Gasteiger partial charge in [-0.3, -0.25) is 4.79 Å². The first-order chi connectivity index (χ1) is 19.9. The Labute approximate surface area is 246 Å². The zero-order valence-electron chi connectivity index (χ0n) is 24.9. The Morgan fingerprint density at radius 2 is 1.33 bits per heavy atom. The summed E-state index contributed by atoms with van der Waals surface area (Å²) in [6, 6.07) is 12.7. The van der Waals surface area contributed by atoms with Gasteiger partial charge >= 0.3 is 24.2 Å². The standard InChI is InChI=1S/C31H41NO10/c1-21(2)13-16-39-29(35)41-25-12-11-23(19-26(25)42-30(36)40-17-14-22(3)4)20-31(32,28(34)37-5)15-18-38-27(33)24-9-7-6-8-10-24/h6-12,19,21-22H,13-18,20,32H2,1-5H3/t31-/m1/s1. The SMILES string of the molecule is COC(=O)[C@@](N)(CCOC(=O)c1ccccc1)Cc1ccc(OC(=O)OCCC(C)C)c(OC(=O)OCCC(C)C)c1. The molecule has 0 unspecified atom stereocenters. The lowest BCUT2D eigenvalue weighted by Gasteiger charge is -2.26. The highest BCUT2D eigenvalue weighted by molar-refractivity contribution is 5.89. The highest BCUT2D eigenvalue weighted by Gasteiger charge is 2.36. The van der Waals surface area contributed by atoms with E-state index in [1.807, 2.05) is 27.7 Å². The molecule has 42 heavy (non-hydrogen) atoms. The molecule has 0 radical (unpaired) electrons. The fourth-order valence-corrected chi connectivity index (χ4v) is 3.63. The molecule has 11 nitrogen and oxygen atoms in total. The van der Waals surface area contributed by atoms with Crippen LogP contribution in [-0.4, -0.2) is 56.7 Å². The molecule has 0 saturated carbocycles. The molecule has 0 heterocycles. The van der Waals surface area contributed by atoms with Crippen LogP contribution in [0.1, 0.15) is 62.9 Å². The summed E-state index contributed by atoms with van der Waals surface area (Å²) in [4.78, 5) is 49.7. The number of esters is 2. The van der Waals surface area contributed by atoms with Gasteiger partial charge in [0.25, 0.3) is 0 Å². The summed E-state index contributed by atoms with van der Waals surface area (Å²) in [6.07, 6.45) is -0.835. The van der Waals surface area contributed by atoms with Crippen LogP contribution in [0.3, 0.4) is 0 Å². The van der Waals surface area contributed by atoms with E-state index in [1.54, 1.807) is 36.4 Å². The van der Waals surface area contributed by atoms with Crippen molar-refractivity contribution >= 4 is 24.2 Å². The van der Waals surface area contributed by atoms with Crippen LogP contribution in [0.15, 0.2) is 48.5 Å². The second-order valence-electron chi connectivity index (χ2n) is 10.6. The maximum absolute atomic E-state index is 12.7. The molecule has 0 aliphatic heterocycles. The lowest BCUT2D eigenvalue weighted by Crippen LogP contribution is -2.51. The smallest absolute Gasteiger partial charge is 0.468 e. The van der Waals surface area contributed by atoms with E-state index in [0.29, 0.717) is 35.8 Å². The highest BCUT2D eigenvalue weighted by Crippen LogP contribution is 2.31. The minimum absolute atomic E-state index is 0.0634. The van der Waals surface area contributed by atoms with Crippen molar-refractivity contribution in [1.82, 2.24) is 0 Å². The van der Waals surface area contributed by atoms with E-state index >= 15 is 0 Å². The molecular weight excluding hydrogens is 546 g/mol. The number of carbonyl (C=O) groups excluding carboxylic acids is 4. The van der Waals surface area contributed by atoms with Crippen molar-refractivity contribution in [1.29, 1.82) is 0 Å². The van der Waals surface area contributed by atoms with Crippen molar-refractivity contribution in [2.24, 2.45) is 17.6 Å². The summed E-state index contributed by atoms with van der Waals surface area (Å²) in [6.45, 7) is 8.09. The van der Waals surface area contributed by atoms with Crippen LogP contribution in [0.2, 0.25) is 0 Å². The van der Waals surface area contributed by atoms with E-state index in [4.69, 9.17) is 34.2 Å². The number of carbonyl (C=O) groups is 4.